The predicted molar refractivity (Wildman–Crippen MR) is 86.5 cm³/mol. The molecule has 0 atom stereocenters. The topological polar surface area (TPSA) is 68.3 Å². The van der Waals surface area contributed by atoms with Gasteiger partial charge in [-0.1, -0.05) is 25.3 Å². The fraction of sp³-hybridized carbons (Fsp3) is 0.333. The molecular weight excluding hydrogens is 292 g/mol. The molecule has 23 heavy (non-hydrogen) atoms. The molecular formula is C18H18N2O3. The Kier molecular flexibility index (Phi) is 3.41. The first-order chi connectivity index (χ1) is 11.3. The number of imidazole rings is 1. The van der Waals surface area contributed by atoms with Crippen molar-refractivity contribution in [1.29, 1.82) is 0 Å². The lowest BCUT2D eigenvalue weighted by molar-refractivity contribution is 0.0699. The molecule has 2 aromatic heterocycles. The summed E-state index contributed by atoms with van der Waals surface area (Å²) in [6, 6.07) is 7.62. The van der Waals surface area contributed by atoms with Crippen LogP contribution in [0.1, 0.15) is 48.5 Å². The number of aromatic carboxylic acids is 1. The number of rotatable bonds is 3. The number of para-hydroxylation sites is 1. The third-order valence-corrected chi connectivity index (χ3v) is 4.67. The molecule has 4 rings (SSSR count). The molecule has 1 aliphatic carbocycles. The second-order valence-corrected chi connectivity index (χ2v) is 6.09. The lowest BCUT2D eigenvalue weighted by atomic mass is 9.95. The number of benzene rings is 1. The Balaban J connectivity index is 1.98. The molecule has 0 unspecified atom stereocenters. The summed E-state index contributed by atoms with van der Waals surface area (Å²) >= 11 is 0. The van der Waals surface area contributed by atoms with Crippen LogP contribution in [0.4, 0.5) is 0 Å². The molecule has 1 aliphatic rings. The van der Waals surface area contributed by atoms with Crippen LogP contribution >= 0.6 is 0 Å². The minimum atomic E-state index is -0.942. The van der Waals surface area contributed by atoms with E-state index in [0.29, 0.717) is 11.6 Å². The summed E-state index contributed by atoms with van der Waals surface area (Å²) in [5.74, 6) is -0.142. The van der Waals surface area contributed by atoms with Crippen LogP contribution in [-0.2, 0) is 0 Å². The molecule has 118 valence electrons. The average molecular weight is 310 g/mol. The van der Waals surface area contributed by atoms with Gasteiger partial charge < -0.3 is 14.1 Å². The summed E-state index contributed by atoms with van der Waals surface area (Å²) in [5.41, 5.74) is 2.60. The van der Waals surface area contributed by atoms with Crippen molar-refractivity contribution in [1.82, 2.24) is 9.55 Å². The molecule has 5 heteroatoms. The van der Waals surface area contributed by atoms with E-state index in [2.05, 4.69) is 9.55 Å². The zero-order valence-corrected chi connectivity index (χ0v) is 12.7. The van der Waals surface area contributed by atoms with Crippen molar-refractivity contribution in [2.24, 2.45) is 0 Å². The van der Waals surface area contributed by atoms with Gasteiger partial charge in [-0.3, -0.25) is 0 Å². The molecule has 0 radical (unpaired) electrons. The van der Waals surface area contributed by atoms with Gasteiger partial charge in [-0.15, -0.1) is 0 Å². The van der Waals surface area contributed by atoms with Crippen LogP contribution in [0.3, 0.4) is 0 Å². The maximum Gasteiger partial charge on any atom is 0.337 e. The molecule has 0 amide bonds. The summed E-state index contributed by atoms with van der Waals surface area (Å²) in [6.07, 6.45) is 9.17. The molecule has 0 bridgehead atoms. The zero-order chi connectivity index (χ0) is 15.8. The highest BCUT2D eigenvalue weighted by molar-refractivity contribution is 6.02. The van der Waals surface area contributed by atoms with Crippen LogP contribution in [0, 0.1) is 0 Å². The standard InChI is InChI=1S/C18H18N2O3/c21-18(22)14-7-4-8-15-16(14)19-17(12-9-10-23-11-12)20(15)13-5-2-1-3-6-13/h4,7-11,13H,1-3,5-6H2,(H,21,22). The number of carboxylic acids is 1. The van der Waals surface area contributed by atoms with Gasteiger partial charge in [-0.25, -0.2) is 9.78 Å². The average Bonchev–Trinajstić information content (AvgIpc) is 3.22. The maximum atomic E-state index is 11.5. The summed E-state index contributed by atoms with van der Waals surface area (Å²) in [6.45, 7) is 0. The number of carbonyl (C=O) groups is 1. The highest BCUT2D eigenvalue weighted by Crippen LogP contribution is 2.36. The van der Waals surface area contributed by atoms with Crippen molar-refractivity contribution >= 4 is 17.0 Å². The van der Waals surface area contributed by atoms with E-state index >= 15 is 0 Å². The van der Waals surface area contributed by atoms with Gasteiger partial charge in [-0.2, -0.15) is 0 Å². The molecule has 0 spiro atoms. The quantitative estimate of drug-likeness (QED) is 0.773. The number of nitrogens with zero attached hydrogens (tertiary/aromatic N) is 2. The van der Waals surface area contributed by atoms with E-state index in [4.69, 9.17) is 4.42 Å². The molecule has 1 fully saturated rings. The number of furan rings is 1. The van der Waals surface area contributed by atoms with Gasteiger partial charge in [0.05, 0.1) is 22.9 Å². The Hall–Kier alpha value is -2.56. The lowest BCUT2D eigenvalue weighted by Gasteiger charge is -2.25. The van der Waals surface area contributed by atoms with Crippen LogP contribution in [0.5, 0.6) is 0 Å². The monoisotopic (exact) mass is 310 g/mol. The van der Waals surface area contributed by atoms with Gasteiger partial charge in [0.15, 0.2) is 0 Å². The van der Waals surface area contributed by atoms with Crippen LogP contribution in [0.15, 0.2) is 41.2 Å². The Morgan fingerprint density at radius 3 is 2.74 bits per heavy atom. The zero-order valence-electron chi connectivity index (χ0n) is 12.7. The highest BCUT2D eigenvalue weighted by atomic mass is 16.4. The molecule has 3 aromatic rings. The molecule has 2 heterocycles. The van der Waals surface area contributed by atoms with Crippen molar-refractivity contribution in [2.45, 2.75) is 38.1 Å². The third kappa shape index (κ3) is 2.32. The first-order valence-electron chi connectivity index (χ1n) is 8.02. The van der Waals surface area contributed by atoms with E-state index in [9.17, 15) is 9.90 Å². The minimum absolute atomic E-state index is 0.252. The van der Waals surface area contributed by atoms with Gasteiger partial charge in [-0.05, 0) is 31.0 Å². The predicted octanol–water partition coefficient (Wildman–Crippen LogP) is 4.50. The molecule has 1 aromatic carbocycles. The summed E-state index contributed by atoms with van der Waals surface area (Å²) in [7, 11) is 0. The van der Waals surface area contributed by atoms with E-state index in [-0.39, 0.29) is 5.56 Å². The normalized spacial score (nSPS) is 16.0. The number of fused-ring (bicyclic) bond motifs is 1. The molecule has 0 saturated heterocycles. The van der Waals surface area contributed by atoms with Gasteiger partial charge in [0.2, 0.25) is 0 Å². The fourth-order valence-electron chi connectivity index (χ4n) is 3.59. The largest absolute Gasteiger partial charge is 0.478 e. The Labute approximate surface area is 133 Å². The number of hydrogen-bond donors (Lipinski definition) is 1. The molecule has 0 aliphatic heterocycles. The number of aromatic nitrogens is 2. The first-order valence-corrected chi connectivity index (χ1v) is 8.02. The van der Waals surface area contributed by atoms with Crippen LogP contribution in [-0.4, -0.2) is 20.6 Å². The summed E-state index contributed by atoms with van der Waals surface area (Å²) in [4.78, 5) is 16.2. The molecule has 1 saturated carbocycles. The second kappa shape index (κ2) is 5.57. The Morgan fingerprint density at radius 2 is 2.04 bits per heavy atom. The van der Waals surface area contributed by atoms with Crippen LogP contribution < -0.4 is 0 Å². The van der Waals surface area contributed by atoms with E-state index in [1.807, 2.05) is 12.1 Å². The van der Waals surface area contributed by atoms with Gasteiger partial charge in [0.25, 0.3) is 0 Å². The SMILES string of the molecule is O=C(O)c1cccc2c1nc(-c1ccoc1)n2C1CCCCC1. The van der Waals surface area contributed by atoms with Crippen molar-refractivity contribution < 1.29 is 14.3 Å². The minimum Gasteiger partial charge on any atom is -0.478 e. The summed E-state index contributed by atoms with van der Waals surface area (Å²) < 4.78 is 7.43. The van der Waals surface area contributed by atoms with E-state index < -0.39 is 5.97 Å². The van der Waals surface area contributed by atoms with Gasteiger partial charge >= 0.3 is 5.97 Å². The molecule has 1 N–H and O–H groups in total. The van der Waals surface area contributed by atoms with E-state index in [1.165, 1.54) is 19.3 Å². The van der Waals surface area contributed by atoms with Crippen LogP contribution in [0.25, 0.3) is 22.4 Å². The number of hydrogen-bond acceptors (Lipinski definition) is 3. The van der Waals surface area contributed by atoms with Crippen molar-refractivity contribution in [2.75, 3.05) is 0 Å². The van der Waals surface area contributed by atoms with Crippen LogP contribution in [0.2, 0.25) is 0 Å². The number of carboxylic acid groups (broad SMARTS) is 1. The lowest BCUT2D eigenvalue weighted by Crippen LogP contribution is -2.13. The van der Waals surface area contributed by atoms with E-state index in [1.54, 1.807) is 24.7 Å². The van der Waals surface area contributed by atoms with Crippen molar-refractivity contribution in [3.8, 4) is 11.4 Å². The van der Waals surface area contributed by atoms with E-state index in [0.717, 1.165) is 29.7 Å². The Bertz CT molecular complexity index is 843. The second-order valence-electron chi connectivity index (χ2n) is 6.09. The maximum absolute atomic E-state index is 11.5. The van der Waals surface area contributed by atoms with Crippen molar-refractivity contribution in [3.05, 3.63) is 42.4 Å². The fourth-order valence-corrected chi connectivity index (χ4v) is 3.59. The summed E-state index contributed by atoms with van der Waals surface area (Å²) in [5, 5.41) is 9.46. The molecule has 5 nitrogen and oxygen atoms in total. The Morgan fingerprint density at radius 1 is 1.22 bits per heavy atom. The highest BCUT2D eigenvalue weighted by Gasteiger charge is 2.24. The van der Waals surface area contributed by atoms with Crippen molar-refractivity contribution in [3.63, 3.8) is 0 Å². The van der Waals surface area contributed by atoms with Gasteiger partial charge in [0, 0.05) is 6.04 Å². The first kappa shape index (κ1) is 14.1. The smallest absolute Gasteiger partial charge is 0.337 e. The van der Waals surface area contributed by atoms with Gasteiger partial charge in [0.1, 0.15) is 17.6 Å². The third-order valence-electron chi connectivity index (χ3n) is 4.67.